The molecule has 10 heteroatoms. The molecule has 3 aromatic carbocycles. The van der Waals surface area contributed by atoms with Crippen LogP contribution in [0.25, 0.3) is 11.3 Å². The number of nitrogens with zero attached hydrogens (tertiary/aromatic N) is 2. The highest BCUT2D eigenvalue weighted by Gasteiger charge is 2.16. The zero-order valence-corrected chi connectivity index (χ0v) is 19.5. The average Bonchev–Trinajstić information content (AvgIpc) is 3.24. The van der Waals surface area contributed by atoms with E-state index in [2.05, 4.69) is 31.4 Å². The number of rotatable bonds is 7. The zero-order valence-electron chi connectivity index (χ0n) is 16.3. The highest BCUT2D eigenvalue weighted by molar-refractivity contribution is 9.10. The van der Waals surface area contributed by atoms with Crippen molar-refractivity contribution in [2.45, 2.75) is 4.90 Å². The summed E-state index contributed by atoms with van der Waals surface area (Å²) in [5.41, 5.74) is 5.47. The van der Waals surface area contributed by atoms with Crippen LogP contribution < -0.4 is 9.61 Å². The molecule has 4 rings (SSSR count). The molecule has 1 N–H and O–H groups in total. The van der Waals surface area contributed by atoms with Crippen LogP contribution in [-0.2, 0) is 10.1 Å². The Morgan fingerprint density at radius 2 is 1.69 bits per heavy atom. The standard InChI is InChI=1S/C22H15BrFN3O3S2/c23-17-5-3-16(4-6-17)21-14-31-22(26-21)27-25-13-15-1-9-19(10-2-15)30-32(28,29)20-11-7-18(24)8-12-20/h1-14H,(H,26,27)/b25-13-. The molecular formula is C22H15BrFN3O3S2. The number of hydrogen-bond acceptors (Lipinski definition) is 7. The Morgan fingerprint density at radius 3 is 2.38 bits per heavy atom. The number of halogens is 2. The average molecular weight is 532 g/mol. The number of hydrogen-bond donors (Lipinski definition) is 1. The number of anilines is 1. The minimum Gasteiger partial charge on any atom is -0.379 e. The van der Waals surface area contributed by atoms with E-state index in [1.165, 1.54) is 23.5 Å². The topological polar surface area (TPSA) is 80.7 Å². The maximum Gasteiger partial charge on any atom is 0.339 e. The van der Waals surface area contributed by atoms with E-state index in [0.717, 1.165) is 45.6 Å². The highest BCUT2D eigenvalue weighted by Crippen LogP contribution is 2.26. The molecule has 0 spiro atoms. The molecule has 1 aromatic heterocycles. The molecular weight excluding hydrogens is 517 g/mol. The molecule has 0 radical (unpaired) electrons. The molecule has 4 aromatic rings. The molecule has 0 aliphatic rings. The first-order valence-corrected chi connectivity index (χ1v) is 12.3. The largest absolute Gasteiger partial charge is 0.379 e. The fourth-order valence-corrected chi connectivity index (χ4v) is 4.49. The monoisotopic (exact) mass is 531 g/mol. The SMILES string of the molecule is O=S(=O)(Oc1ccc(/C=N\Nc2nc(-c3ccc(Br)cc3)cs2)cc1)c1ccc(F)cc1. The first-order chi connectivity index (χ1) is 15.4. The van der Waals surface area contributed by atoms with Crippen LogP contribution in [0.3, 0.4) is 0 Å². The van der Waals surface area contributed by atoms with Crippen molar-refractivity contribution in [3.8, 4) is 17.0 Å². The van der Waals surface area contributed by atoms with Crippen molar-refractivity contribution < 1.29 is 17.0 Å². The van der Waals surface area contributed by atoms with Gasteiger partial charge in [-0.1, -0.05) is 28.1 Å². The molecule has 32 heavy (non-hydrogen) atoms. The summed E-state index contributed by atoms with van der Waals surface area (Å²) in [5.74, 6) is -0.387. The first-order valence-electron chi connectivity index (χ1n) is 9.20. The summed E-state index contributed by atoms with van der Waals surface area (Å²) in [6.07, 6.45) is 1.58. The second-order valence-corrected chi connectivity index (χ2v) is 9.80. The van der Waals surface area contributed by atoms with Gasteiger partial charge in [0, 0.05) is 15.4 Å². The van der Waals surface area contributed by atoms with Crippen molar-refractivity contribution in [3.05, 3.63) is 94.0 Å². The molecule has 0 saturated heterocycles. The fourth-order valence-electron chi connectivity index (χ4n) is 2.63. The Morgan fingerprint density at radius 1 is 1.00 bits per heavy atom. The Balaban J connectivity index is 1.36. The Labute approximate surface area is 196 Å². The molecule has 162 valence electrons. The Bertz CT molecular complexity index is 1340. The van der Waals surface area contributed by atoms with E-state index in [0.29, 0.717) is 5.13 Å². The maximum absolute atomic E-state index is 13.0. The molecule has 0 atom stereocenters. The summed E-state index contributed by atoms with van der Waals surface area (Å²) in [4.78, 5) is 4.37. The van der Waals surface area contributed by atoms with Crippen molar-refractivity contribution in [1.82, 2.24) is 4.98 Å². The van der Waals surface area contributed by atoms with Crippen LogP contribution in [0.5, 0.6) is 5.75 Å². The number of aromatic nitrogens is 1. The maximum atomic E-state index is 13.0. The van der Waals surface area contributed by atoms with E-state index in [4.69, 9.17) is 4.18 Å². The predicted octanol–water partition coefficient (Wildman–Crippen LogP) is 5.93. The predicted molar refractivity (Wildman–Crippen MR) is 127 cm³/mol. The molecule has 0 fully saturated rings. The minimum absolute atomic E-state index is 0.125. The molecule has 1 heterocycles. The first kappa shape index (κ1) is 22.1. The van der Waals surface area contributed by atoms with Gasteiger partial charge in [0.05, 0.1) is 11.9 Å². The van der Waals surface area contributed by atoms with Crippen molar-refractivity contribution in [3.63, 3.8) is 0 Å². The second kappa shape index (κ2) is 9.60. The van der Waals surface area contributed by atoms with Crippen LogP contribution in [0.15, 0.2) is 92.6 Å². The normalized spacial score (nSPS) is 11.6. The smallest absolute Gasteiger partial charge is 0.339 e. The van der Waals surface area contributed by atoms with Crippen LogP contribution in [-0.4, -0.2) is 19.6 Å². The van der Waals surface area contributed by atoms with Gasteiger partial charge in [-0.15, -0.1) is 11.3 Å². The van der Waals surface area contributed by atoms with Gasteiger partial charge in [-0.25, -0.2) is 9.37 Å². The van der Waals surface area contributed by atoms with E-state index in [-0.39, 0.29) is 10.6 Å². The minimum atomic E-state index is -4.04. The van der Waals surface area contributed by atoms with Gasteiger partial charge in [-0.2, -0.15) is 13.5 Å². The summed E-state index contributed by atoms with van der Waals surface area (Å²) >= 11 is 4.85. The van der Waals surface area contributed by atoms with Gasteiger partial charge in [-0.3, -0.25) is 5.43 Å². The van der Waals surface area contributed by atoms with Gasteiger partial charge in [0.1, 0.15) is 16.5 Å². The molecule has 0 bridgehead atoms. The summed E-state index contributed by atoms with van der Waals surface area (Å²) in [6.45, 7) is 0. The van der Waals surface area contributed by atoms with Crippen LogP contribution in [0.2, 0.25) is 0 Å². The molecule has 0 unspecified atom stereocenters. The second-order valence-electron chi connectivity index (χ2n) is 6.48. The summed E-state index contributed by atoms with van der Waals surface area (Å²) in [5, 5.41) is 6.75. The quantitative estimate of drug-likeness (QED) is 0.182. The van der Waals surface area contributed by atoms with Gasteiger partial charge < -0.3 is 4.18 Å². The number of thiazole rings is 1. The third-order valence-electron chi connectivity index (χ3n) is 4.21. The van der Waals surface area contributed by atoms with Gasteiger partial charge >= 0.3 is 10.1 Å². The molecule has 0 aliphatic carbocycles. The lowest BCUT2D eigenvalue weighted by Crippen LogP contribution is -2.09. The molecule has 0 amide bonds. The molecule has 6 nitrogen and oxygen atoms in total. The highest BCUT2D eigenvalue weighted by atomic mass is 79.9. The van der Waals surface area contributed by atoms with Crippen molar-refractivity contribution >= 4 is 48.7 Å². The summed E-state index contributed by atoms with van der Waals surface area (Å²) in [6, 6.07) is 18.6. The van der Waals surface area contributed by atoms with Crippen LogP contribution in [0.1, 0.15) is 5.56 Å². The van der Waals surface area contributed by atoms with Crippen molar-refractivity contribution in [2.24, 2.45) is 5.10 Å². The van der Waals surface area contributed by atoms with Crippen LogP contribution in [0.4, 0.5) is 9.52 Å². The number of hydrazone groups is 1. The van der Waals surface area contributed by atoms with Gasteiger partial charge in [0.25, 0.3) is 0 Å². The Kier molecular flexibility index (Phi) is 6.63. The molecule has 0 aliphatic heterocycles. The Hall–Kier alpha value is -3.08. The van der Waals surface area contributed by atoms with Crippen molar-refractivity contribution in [1.29, 1.82) is 0 Å². The lowest BCUT2D eigenvalue weighted by molar-refractivity contribution is 0.486. The van der Waals surface area contributed by atoms with Gasteiger partial charge in [0.15, 0.2) is 0 Å². The van der Waals surface area contributed by atoms with E-state index < -0.39 is 15.9 Å². The third-order valence-corrected chi connectivity index (χ3v) is 6.74. The van der Waals surface area contributed by atoms with E-state index >= 15 is 0 Å². The zero-order chi connectivity index (χ0) is 22.6. The van der Waals surface area contributed by atoms with Crippen LogP contribution in [0, 0.1) is 5.82 Å². The molecule has 0 saturated carbocycles. The van der Waals surface area contributed by atoms with E-state index in [9.17, 15) is 12.8 Å². The van der Waals surface area contributed by atoms with Gasteiger partial charge in [-0.05, 0) is 66.2 Å². The van der Waals surface area contributed by atoms with Crippen molar-refractivity contribution in [2.75, 3.05) is 5.43 Å². The number of benzene rings is 3. The summed E-state index contributed by atoms with van der Waals surface area (Å²) in [7, 11) is -4.04. The lowest BCUT2D eigenvalue weighted by atomic mass is 10.2. The lowest BCUT2D eigenvalue weighted by Gasteiger charge is -2.07. The van der Waals surface area contributed by atoms with E-state index in [1.807, 2.05) is 29.6 Å². The summed E-state index contributed by atoms with van der Waals surface area (Å²) < 4.78 is 43.6. The van der Waals surface area contributed by atoms with Crippen LogP contribution >= 0.6 is 27.3 Å². The fraction of sp³-hybridized carbons (Fsp3) is 0. The third kappa shape index (κ3) is 5.58. The van der Waals surface area contributed by atoms with E-state index in [1.54, 1.807) is 18.3 Å². The van der Waals surface area contributed by atoms with Gasteiger partial charge in [0.2, 0.25) is 5.13 Å². The number of nitrogens with one attached hydrogen (secondary N) is 1.